The highest BCUT2D eigenvalue weighted by Crippen LogP contribution is 2.21. The fraction of sp³-hybridized carbons (Fsp3) is 0.917. The van der Waals surface area contributed by atoms with Crippen LogP contribution in [0.15, 0.2) is 0 Å². The van der Waals surface area contributed by atoms with Crippen LogP contribution in [0.2, 0.25) is 0 Å². The Labute approximate surface area is 98.6 Å². The van der Waals surface area contributed by atoms with Crippen LogP contribution in [0.3, 0.4) is 0 Å². The molecule has 0 spiro atoms. The molecule has 0 aromatic heterocycles. The van der Waals surface area contributed by atoms with Gasteiger partial charge in [-0.25, -0.2) is 0 Å². The monoisotopic (exact) mass is 227 g/mol. The van der Waals surface area contributed by atoms with Crippen LogP contribution in [0.1, 0.15) is 33.6 Å². The molecule has 1 saturated heterocycles. The van der Waals surface area contributed by atoms with Gasteiger partial charge < -0.3 is 16.0 Å². The highest BCUT2D eigenvalue weighted by molar-refractivity contribution is 5.74. The maximum Gasteiger partial charge on any atom is 0.218 e. The van der Waals surface area contributed by atoms with Crippen molar-refractivity contribution in [1.29, 1.82) is 0 Å². The van der Waals surface area contributed by atoms with Gasteiger partial charge in [0, 0.05) is 31.1 Å². The maximum absolute atomic E-state index is 10.8. The highest BCUT2D eigenvalue weighted by atomic mass is 16.1. The Morgan fingerprint density at radius 1 is 1.56 bits per heavy atom. The number of nitrogens with zero attached hydrogens (tertiary/aromatic N) is 1. The summed E-state index contributed by atoms with van der Waals surface area (Å²) in [5.74, 6) is 0.394. The summed E-state index contributed by atoms with van der Waals surface area (Å²) >= 11 is 0. The van der Waals surface area contributed by atoms with E-state index < -0.39 is 0 Å². The number of piperidine rings is 1. The predicted octanol–water partition coefficient (Wildman–Crippen LogP) is 0.569. The van der Waals surface area contributed by atoms with E-state index in [0.717, 1.165) is 13.0 Å². The zero-order valence-electron chi connectivity index (χ0n) is 10.9. The van der Waals surface area contributed by atoms with E-state index in [-0.39, 0.29) is 11.9 Å². The molecule has 4 nitrogen and oxygen atoms in total. The summed E-state index contributed by atoms with van der Waals surface area (Å²) in [6.07, 6.45) is 1.56. The van der Waals surface area contributed by atoms with Crippen LogP contribution in [0.5, 0.6) is 0 Å². The third-order valence-corrected chi connectivity index (χ3v) is 3.62. The number of primary amides is 1. The number of hydrogen-bond donors (Lipinski definition) is 2. The lowest BCUT2D eigenvalue weighted by molar-refractivity contribution is -0.118. The summed E-state index contributed by atoms with van der Waals surface area (Å²) in [5.41, 5.74) is 5.20. The average molecular weight is 227 g/mol. The summed E-state index contributed by atoms with van der Waals surface area (Å²) in [6.45, 7) is 7.65. The van der Waals surface area contributed by atoms with Crippen LogP contribution in [0.25, 0.3) is 0 Å². The summed E-state index contributed by atoms with van der Waals surface area (Å²) in [7, 11) is 2.17. The van der Waals surface area contributed by atoms with Crippen LogP contribution in [-0.4, -0.2) is 42.5 Å². The second kappa shape index (κ2) is 5.64. The maximum atomic E-state index is 10.8. The molecule has 1 amide bonds. The third-order valence-electron chi connectivity index (χ3n) is 3.62. The van der Waals surface area contributed by atoms with Crippen molar-refractivity contribution in [2.75, 3.05) is 13.6 Å². The van der Waals surface area contributed by atoms with Gasteiger partial charge >= 0.3 is 0 Å². The molecular weight excluding hydrogens is 202 g/mol. The number of carbonyl (C=O) groups excluding carboxylic acids is 1. The fourth-order valence-corrected chi connectivity index (χ4v) is 2.50. The summed E-state index contributed by atoms with van der Waals surface area (Å²) < 4.78 is 0. The number of amides is 1. The summed E-state index contributed by atoms with van der Waals surface area (Å²) in [6, 6.07) is 1.29. The van der Waals surface area contributed by atoms with E-state index in [4.69, 9.17) is 5.73 Å². The lowest BCUT2D eigenvalue weighted by atomic mass is 9.89. The van der Waals surface area contributed by atoms with Gasteiger partial charge in [-0.3, -0.25) is 4.79 Å². The minimum atomic E-state index is -0.228. The topological polar surface area (TPSA) is 58.4 Å². The Balaban J connectivity index is 2.44. The Morgan fingerprint density at radius 2 is 2.19 bits per heavy atom. The van der Waals surface area contributed by atoms with Crippen LogP contribution < -0.4 is 11.1 Å². The van der Waals surface area contributed by atoms with Gasteiger partial charge in [-0.1, -0.05) is 6.92 Å². The van der Waals surface area contributed by atoms with Gasteiger partial charge in [0.05, 0.1) is 0 Å². The van der Waals surface area contributed by atoms with Crippen molar-refractivity contribution in [2.45, 2.75) is 51.7 Å². The predicted molar refractivity (Wildman–Crippen MR) is 66.1 cm³/mol. The third kappa shape index (κ3) is 3.76. The molecule has 0 aliphatic carbocycles. The quantitative estimate of drug-likeness (QED) is 0.738. The van der Waals surface area contributed by atoms with Gasteiger partial charge in [-0.05, 0) is 33.2 Å². The van der Waals surface area contributed by atoms with Gasteiger partial charge in [0.15, 0.2) is 0 Å². The van der Waals surface area contributed by atoms with E-state index >= 15 is 0 Å². The summed E-state index contributed by atoms with van der Waals surface area (Å²) in [5, 5.41) is 3.52. The number of rotatable bonds is 4. The molecule has 1 rings (SSSR count). The summed E-state index contributed by atoms with van der Waals surface area (Å²) in [4.78, 5) is 13.2. The average Bonchev–Trinajstić information content (AvgIpc) is 2.12. The molecule has 0 aromatic rings. The first kappa shape index (κ1) is 13.5. The van der Waals surface area contributed by atoms with Gasteiger partial charge in [0.25, 0.3) is 0 Å². The van der Waals surface area contributed by atoms with E-state index in [1.54, 1.807) is 0 Å². The van der Waals surface area contributed by atoms with Crippen LogP contribution >= 0.6 is 0 Å². The van der Waals surface area contributed by atoms with Gasteiger partial charge in [-0.15, -0.1) is 0 Å². The molecule has 0 bridgehead atoms. The second-order valence-corrected chi connectivity index (χ2v) is 5.35. The lowest BCUT2D eigenvalue weighted by Crippen LogP contribution is -2.53. The first-order valence-electron chi connectivity index (χ1n) is 6.14. The van der Waals surface area contributed by atoms with Gasteiger partial charge in [-0.2, -0.15) is 0 Å². The van der Waals surface area contributed by atoms with Crippen LogP contribution in [-0.2, 0) is 4.79 Å². The molecule has 1 fully saturated rings. The Bertz CT molecular complexity index is 244. The molecule has 4 atom stereocenters. The Hall–Kier alpha value is -0.610. The number of nitrogens with one attached hydrogen (secondary N) is 1. The molecule has 16 heavy (non-hydrogen) atoms. The molecule has 1 heterocycles. The standard InChI is InChI=1S/C12H25N3O/c1-8-7-15(4)10(3)6-11(8)14-9(2)5-12(13)16/h8-11,14H,5-7H2,1-4H3,(H2,13,16). The molecule has 0 aromatic carbocycles. The van der Waals surface area contributed by atoms with Crippen molar-refractivity contribution >= 4 is 5.91 Å². The van der Waals surface area contributed by atoms with Crippen molar-refractivity contribution in [3.8, 4) is 0 Å². The molecule has 1 aliphatic heterocycles. The zero-order valence-corrected chi connectivity index (χ0v) is 10.9. The Morgan fingerprint density at radius 3 is 2.75 bits per heavy atom. The molecule has 0 saturated carbocycles. The van der Waals surface area contributed by atoms with Crippen LogP contribution in [0.4, 0.5) is 0 Å². The van der Waals surface area contributed by atoms with Gasteiger partial charge in [0.1, 0.15) is 0 Å². The number of likely N-dealkylation sites (tertiary alicyclic amines) is 1. The zero-order chi connectivity index (χ0) is 12.3. The highest BCUT2D eigenvalue weighted by Gasteiger charge is 2.29. The van der Waals surface area contributed by atoms with Gasteiger partial charge in [0.2, 0.25) is 5.91 Å². The van der Waals surface area contributed by atoms with E-state index in [1.165, 1.54) is 0 Å². The smallest absolute Gasteiger partial charge is 0.218 e. The second-order valence-electron chi connectivity index (χ2n) is 5.35. The normalized spacial score (nSPS) is 33.6. The SMILES string of the molecule is CC(CC(N)=O)NC1CC(C)N(C)CC1C. The minimum Gasteiger partial charge on any atom is -0.370 e. The molecule has 4 heteroatoms. The number of hydrogen-bond acceptors (Lipinski definition) is 3. The van der Waals surface area contributed by atoms with E-state index in [2.05, 4.69) is 31.1 Å². The van der Waals surface area contributed by atoms with Crippen molar-refractivity contribution in [2.24, 2.45) is 11.7 Å². The molecular formula is C12H25N3O. The molecule has 4 unspecified atom stereocenters. The van der Waals surface area contributed by atoms with E-state index in [1.807, 2.05) is 6.92 Å². The first-order valence-corrected chi connectivity index (χ1v) is 6.14. The van der Waals surface area contributed by atoms with Crippen LogP contribution in [0, 0.1) is 5.92 Å². The first-order chi connectivity index (χ1) is 7.40. The molecule has 94 valence electrons. The van der Waals surface area contributed by atoms with E-state index in [9.17, 15) is 4.79 Å². The van der Waals surface area contributed by atoms with E-state index in [0.29, 0.717) is 24.4 Å². The Kier molecular flexibility index (Phi) is 4.74. The van der Waals surface area contributed by atoms with Crippen molar-refractivity contribution < 1.29 is 4.79 Å². The number of carbonyl (C=O) groups is 1. The van der Waals surface area contributed by atoms with Crippen molar-refractivity contribution in [3.63, 3.8) is 0 Å². The fourth-order valence-electron chi connectivity index (χ4n) is 2.50. The number of nitrogens with two attached hydrogens (primary N) is 1. The van der Waals surface area contributed by atoms with Crippen molar-refractivity contribution in [1.82, 2.24) is 10.2 Å². The molecule has 1 aliphatic rings. The van der Waals surface area contributed by atoms with Crippen molar-refractivity contribution in [3.05, 3.63) is 0 Å². The molecule has 0 radical (unpaired) electrons. The minimum absolute atomic E-state index is 0.181. The lowest BCUT2D eigenvalue weighted by Gasteiger charge is -2.41. The molecule has 3 N–H and O–H groups in total. The largest absolute Gasteiger partial charge is 0.370 e.